The van der Waals surface area contributed by atoms with E-state index in [-0.39, 0.29) is 0 Å². The zero-order valence-electron chi connectivity index (χ0n) is 10.6. The molecule has 17 heavy (non-hydrogen) atoms. The highest BCUT2D eigenvalue weighted by molar-refractivity contribution is 7.27. The smallest absolute Gasteiger partial charge is 0.210 e. The second-order valence-corrected chi connectivity index (χ2v) is 7.71. The molecule has 2 aromatic heterocycles. The molecule has 0 aliphatic rings. The summed E-state index contributed by atoms with van der Waals surface area (Å²) >= 11 is 5.09. The summed E-state index contributed by atoms with van der Waals surface area (Å²) in [5, 5.41) is 8.66. The van der Waals surface area contributed by atoms with Gasteiger partial charge < -0.3 is 4.57 Å². The maximum absolute atomic E-state index is 4.34. The van der Waals surface area contributed by atoms with Crippen LogP contribution in [0.15, 0.2) is 10.2 Å². The number of hydrogen-bond acceptors (Lipinski definition) is 5. The van der Waals surface area contributed by atoms with Crippen molar-refractivity contribution in [2.75, 3.05) is 0 Å². The summed E-state index contributed by atoms with van der Waals surface area (Å²) in [7, 11) is 2.03. The molecule has 92 valence electrons. The van der Waals surface area contributed by atoms with Crippen molar-refractivity contribution < 1.29 is 0 Å². The van der Waals surface area contributed by atoms with E-state index >= 15 is 0 Å². The van der Waals surface area contributed by atoms with E-state index < -0.39 is 0 Å². The molecular weight excluding hydrogens is 270 g/mol. The van der Waals surface area contributed by atoms with Crippen molar-refractivity contribution in [3.63, 3.8) is 0 Å². The Hall–Kier alpha value is -0.720. The highest BCUT2D eigenvalue weighted by Gasteiger charge is 2.01. The lowest BCUT2D eigenvalue weighted by atomic mass is 10.4. The van der Waals surface area contributed by atoms with Gasteiger partial charge in [0.2, 0.25) is 4.80 Å². The molecule has 0 atom stereocenters. The predicted octanol–water partition coefficient (Wildman–Crippen LogP) is 2.86. The molecule has 0 N–H and O–H groups in total. The van der Waals surface area contributed by atoms with Crippen LogP contribution in [0.2, 0.25) is 0 Å². The van der Waals surface area contributed by atoms with Crippen molar-refractivity contribution in [3.8, 4) is 0 Å². The summed E-state index contributed by atoms with van der Waals surface area (Å²) in [6, 6.07) is 0. The third-order valence-electron chi connectivity index (χ3n) is 2.74. The quantitative estimate of drug-likeness (QED) is 0.721. The van der Waals surface area contributed by atoms with Crippen molar-refractivity contribution >= 4 is 34.0 Å². The van der Waals surface area contributed by atoms with E-state index in [9.17, 15) is 0 Å². The lowest BCUT2D eigenvalue weighted by molar-refractivity contribution is 0.813. The molecule has 0 unspecified atom stereocenters. The summed E-state index contributed by atoms with van der Waals surface area (Å²) in [5.74, 6) is 0. The molecule has 0 aromatic carbocycles. The van der Waals surface area contributed by atoms with Gasteiger partial charge in [0.05, 0.1) is 0 Å². The van der Waals surface area contributed by atoms with E-state index in [1.54, 1.807) is 34.0 Å². The first-order valence-electron chi connectivity index (χ1n) is 5.27. The second kappa shape index (κ2) is 4.88. The Morgan fingerprint density at radius 2 is 1.41 bits per heavy atom. The Kier molecular flexibility index (Phi) is 3.65. The molecular formula is C11H15N3S3. The van der Waals surface area contributed by atoms with Gasteiger partial charge in [-0.1, -0.05) is 0 Å². The van der Waals surface area contributed by atoms with Crippen LogP contribution in [0.4, 0.5) is 0 Å². The van der Waals surface area contributed by atoms with E-state index in [4.69, 9.17) is 0 Å². The normalized spacial score (nSPS) is 12.2. The van der Waals surface area contributed by atoms with Gasteiger partial charge in [0.25, 0.3) is 0 Å². The predicted molar refractivity (Wildman–Crippen MR) is 75.6 cm³/mol. The van der Waals surface area contributed by atoms with Crippen LogP contribution in [-0.4, -0.2) is 4.57 Å². The third kappa shape index (κ3) is 2.59. The monoisotopic (exact) mass is 285 g/mol. The molecule has 0 amide bonds. The van der Waals surface area contributed by atoms with E-state index in [1.165, 1.54) is 20.3 Å². The Bertz CT molecular complexity index is 644. The summed E-state index contributed by atoms with van der Waals surface area (Å²) < 4.78 is 3.10. The minimum absolute atomic E-state index is 0.955. The molecule has 2 aromatic rings. The zero-order chi connectivity index (χ0) is 12.6. The van der Waals surface area contributed by atoms with Crippen molar-refractivity contribution in [2.24, 2.45) is 17.3 Å². The Balaban J connectivity index is 2.51. The number of aromatic nitrogens is 1. The largest absolute Gasteiger partial charge is 0.322 e. The van der Waals surface area contributed by atoms with Crippen LogP contribution >= 0.6 is 34.0 Å². The second-order valence-electron chi connectivity index (χ2n) is 3.87. The average molecular weight is 285 g/mol. The zero-order valence-corrected chi connectivity index (χ0v) is 13.0. The van der Waals surface area contributed by atoms with E-state index in [1.807, 2.05) is 7.05 Å². The van der Waals surface area contributed by atoms with Gasteiger partial charge in [-0.05, 0) is 27.7 Å². The van der Waals surface area contributed by atoms with Crippen LogP contribution in [0.3, 0.4) is 0 Å². The third-order valence-corrected chi connectivity index (χ3v) is 6.24. The number of hydrogen-bond donors (Lipinski definition) is 0. The number of rotatable bonds is 1. The average Bonchev–Trinajstić information content (AvgIpc) is 2.72. The fourth-order valence-electron chi connectivity index (χ4n) is 1.30. The molecule has 0 aliphatic heterocycles. The van der Waals surface area contributed by atoms with Gasteiger partial charge >= 0.3 is 0 Å². The lowest BCUT2D eigenvalue weighted by Gasteiger charge is -1.93. The van der Waals surface area contributed by atoms with Gasteiger partial charge in [0, 0.05) is 27.4 Å². The van der Waals surface area contributed by atoms with Crippen molar-refractivity contribution in [3.05, 3.63) is 29.1 Å². The minimum Gasteiger partial charge on any atom is -0.322 e. The van der Waals surface area contributed by atoms with E-state index in [0.717, 1.165) is 8.79 Å². The van der Waals surface area contributed by atoms with Crippen molar-refractivity contribution in [1.29, 1.82) is 0 Å². The van der Waals surface area contributed by atoms with Crippen LogP contribution < -0.4 is 8.79 Å². The van der Waals surface area contributed by atoms with Crippen LogP contribution in [0.25, 0.3) is 0 Å². The van der Waals surface area contributed by atoms with Gasteiger partial charge in [0.1, 0.15) is 0 Å². The number of thiazole rings is 1. The lowest BCUT2D eigenvalue weighted by Crippen LogP contribution is -2.11. The molecule has 0 fully saturated rings. The molecule has 3 nitrogen and oxygen atoms in total. The topological polar surface area (TPSA) is 29.6 Å². The summed E-state index contributed by atoms with van der Waals surface area (Å²) in [4.78, 5) is 4.90. The first-order chi connectivity index (χ1) is 7.99. The summed E-state index contributed by atoms with van der Waals surface area (Å²) in [6.45, 7) is 8.46. The van der Waals surface area contributed by atoms with Crippen LogP contribution in [0, 0.1) is 27.7 Å². The number of aryl methyl sites for hydroxylation is 3. The Morgan fingerprint density at radius 3 is 1.88 bits per heavy atom. The molecule has 0 aliphatic carbocycles. The molecule has 0 radical (unpaired) electrons. The molecule has 0 spiro atoms. The molecule has 2 heterocycles. The van der Waals surface area contributed by atoms with Crippen LogP contribution in [0.1, 0.15) is 20.3 Å². The van der Waals surface area contributed by atoms with Crippen molar-refractivity contribution in [1.82, 2.24) is 4.57 Å². The fourth-order valence-corrected chi connectivity index (χ4v) is 4.35. The molecule has 0 saturated carbocycles. The first kappa shape index (κ1) is 12.7. The molecule has 2 rings (SSSR count). The van der Waals surface area contributed by atoms with Gasteiger partial charge in [-0.3, -0.25) is 0 Å². The Labute approximate surface area is 112 Å². The van der Waals surface area contributed by atoms with E-state index in [0.29, 0.717) is 0 Å². The van der Waals surface area contributed by atoms with Crippen LogP contribution in [-0.2, 0) is 7.05 Å². The van der Waals surface area contributed by atoms with Gasteiger partial charge in [-0.15, -0.1) is 44.2 Å². The Morgan fingerprint density at radius 1 is 0.824 bits per heavy atom. The molecule has 0 bridgehead atoms. The maximum Gasteiger partial charge on any atom is 0.210 e. The van der Waals surface area contributed by atoms with E-state index in [2.05, 4.69) is 42.5 Å². The molecule has 0 saturated heterocycles. The highest BCUT2D eigenvalue weighted by Crippen LogP contribution is 2.13. The van der Waals surface area contributed by atoms with Crippen molar-refractivity contribution in [2.45, 2.75) is 27.7 Å². The fraction of sp³-hybridized carbons (Fsp3) is 0.455. The molecule has 6 heteroatoms. The van der Waals surface area contributed by atoms with Gasteiger partial charge in [0.15, 0.2) is 3.98 Å². The number of nitrogens with zero attached hydrogens (tertiary/aromatic N) is 3. The SMILES string of the molecule is Cc1sc(=N/N=c2/sc(C)c(C)n2C)sc1C. The van der Waals surface area contributed by atoms with Crippen LogP contribution in [0.5, 0.6) is 0 Å². The van der Waals surface area contributed by atoms with Gasteiger partial charge in [-0.2, -0.15) is 0 Å². The van der Waals surface area contributed by atoms with Gasteiger partial charge in [-0.25, -0.2) is 0 Å². The summed E-state index contributed by atoms with van der Waals surface area (Å²) in [5.41, 5.74) is 1.26. The summed E-state index contributed by atoms with van der Waals surface area (Å²) in [6.07, 6.45) is 0. The standard InChI is InChI=1S/C11H15N3S3/c1-6-7(2)15-10(14(6)5)12-13-11-16-8(3)9(4)17-11/h1-5H3/b12-10+. The maximum atomic E-state index is 4.34. The highest BCUT2D eigenvalue weighted by atomic mass is 32.2. The minimum atomic E-state index is 0.955. The first-order valence-corrected chi connectivity index (χ1v) is 7.72.